The number of nitrogens with zero attached hydrogens (tertiary/aromatic N) is 1. The van der Waals surface area contributed by atoms with Crippen LogP contribution in [0.25, 0.3) is 0 Å². The van der Waals surface area contributed by atoms with Crippen LogP contribution >= 0.6 is 11.6 Å². The summed E-state index contributed by atoms with van der Waals surface area (Å²) in [5.41, 5.74) is -0.406. The van der Waals surface area contributed by atoms with E-state index in [1.807, 2.05) is 0 Å². The van der Waals surface area contributed by atoms with Crippen LogP contribution in [0, 0.1) is 11.6 Å². The van der Waals surface area contributed by atoms with E-state index in [1.165, 1.54) is 0 Å². The number of rotatable bonds is 1. The van der Waals surface area contributed by atoms with Gasteiger partial charge in [-0.25, -0.2) is 13.8 Å². The topological polar surface area (TPSA) is 12.4 Å². The van der Waals surface area contributed by atoms with Crippen molar-refractivity contribution in [2.75, 3.05) is 0 Å². The highest BCUT2D eigenvalue weighted by Crippen LogP contribution is 2.24. The van der Waals surface area contributed by atoms with Crippen LogP contribution in [0.3, 0.4) is 0 Å². The molecule has 0 aromatic heterocycles. The van der Waals surface area contributed by atoms with Crippen molar-refractivity contribution in [1.29, 1.82) is 0 Å². The van der Waals surface area contributed by atoms with E-state index in [2.05, 4.69) is 4.99 Å². The Labute approximate surface area is 86.2 Å². The molecule has 0 radical (unpaired) electrons. The predicted molar refractivity (Wildman–Crippen MR) is 45.4 cm³/mol. The second-order valence-corrected chi connectivity index (χ2v) is 2.86. The van der Waals surface area contributed by atoms with E-state index >= 15 is 0 Å². The summed E-state index contributed by atoms with van der Waals surface area (Å²) in [5.74, 6) is -2.46. The van der Waals surface area contributed by atoms with Gasteiger partial charge in [0.05, 0.1) is 5.69 Å². The maximum absolute atomic E-state index is 12.6. The average Bonchev–Trinajstić information content (AvgIpc) is 2.10. The van der Waals surface area contributed by atoms with Crippen LogP contribution in [-0.4, -0.2) is 11.3 Å². The molecule has 0 aliphatic rings. The van der Waals surface area contributed by atoms with E-state index in [1.54, 1.807) is 0 Å². The summed E-state index contributed by atoms with van der Waals surface area (Å²) in [5, 5.41) is -1.64. The standard InChI is InChI=1S/C8H3ClF5N/c9-7(8(12,13)14)15-4-1-2-5(10)6(11)3-4/h1-3H. The molecular weight excluding hydrogens is 241 g/mol. The number of hydrogen-bond donors (Lipinski definition) is 0. The van der Waals surface area contributed by atoms with Crippen molar-refractivity contribution >= 4 is 22.5 Å². The minimum absolute atomic E-state index is 0.406. The Morgan fingerprint density at radius 2 is 1.73 bits per heavy atom. The predicted octanol–water partition coefficient (Wildman–Crippen LogP) is 3.80. The second kappa shape index (κ2) is 4.14. The first-order chi connectivity index (χ1) is 6.80. The molecule has 0 heterocycles. The third-order valence-corrected chi connectivity index (χ3v) is 1.66. The van der Waals surface area contributed by atoms with Gasteiger partial charge in [0.1, 0.15) is 0 Å². The molecule has 0 bridgehead atoms. The first-order valence-corrected chi connectivity index (χ1v) is 3.95. The highest BCUT2D eigenvalue weighted by atomic mass is 35.5. The van der Waals surface area contributed by atoms with Crippen LogP contribution < -0.4 is 0 Å². The Balaban J connectivity index is 3.04. The molecule has 1 aromatic carbocycles. The van der Waals surface area contributed by atoms with E-state index in [4.69, 9.17) is 11.6 Å². The molecular formula is C8H3ClF5N. The molecule has 0 amide bonds. The van der Waals surface area contributed by atoms with Gasteiger partial charge in [-0.15, -0.1) is 0 Å². The van der Waals surface area contributed by atoms with E-state index < -0.39 is 28.7 Å². The molecule has 0 aliphatic heterocycles. The Kier molecular flexibility index (Phi) is 3.28. The Bertz CT molecular complexity index is 399. The van der Waals surface area contributed by atoms with Crippen LogP contribution in [0.4, 0.5) is 27.6 Å². The van der Waals surface area contributed by atoms with Crippen molar-refractivity contribution in [3.05, 3.63) is 29.8 Å². The molecule has 0 N–H and O–H groups in total. The van der Waals surface area contributed by atoms with E-state index in [9.17, 15) is 22.0 Å². The van der Waals surface area contributed by atoms with Gasteiger partial charge in [-0.1, -0.05) is 11.6 Å². The summed E-state index contributed by atoms with van der Waals surface area (Å²) in [6.07, 6.45) is -4.80. The van der Waals surface area contributed by atoms with Crippen molar-refractivity contribution in [2.45, 2.75) is 6.18 Å². The zero-order valence-electron chi connectivity index (χ0n) is 6.95. The quantitative estimate of drug-likeness (QED) is 0.526. The zero-order valence-corrected chi connectivity index (χ0v) is 7.70. The Morgan fingerprint density at radius 1 is 1.13 bits per heavy atom. The number of alkyl halides is 3. The number of hydrogen-bond acceptors (Lipinski definition) is 1. The molecule has 0 spiro atoms. The lowest BCUT2D eigenvalue weighted by atomic mass is 10.3. The molecule has 0 unspecified atom stereocenters. The van der Waals surface area contributed by atoms with Gasteiger partial charge in [0, 0.05) is 6.07 Å². The fraction of sp³-hybridized carbons (Fsp3) is 0.125. The van der Waals surface area contributed by atoms with Crippen molar-refractivity contribution in [3.8, 4) is 0 Å². The van der Waals surface area contributed by atoms with Gasteiger partial charge in [0.25, 0.3) is 0 Å². The molecule has 0 atom stereocenters. The largest absolute Gasteiger partial charge is 0.444 e. The highest BCUT2D eigenvalue weighted by Gasteiger charge is 2.34. The number of halogens is 6. The summed E-state index contributed by atoms with van der Waals surface area (Å²) in [7, 11) is 0. The monoisotopic (exact) mass is 243 g/mol. The van der Waals surface area contributed by atoms with Crippen molar-refractivity contribution in [2.24, 2.45) is 4.99 Å². The zero-order chi connectivity index (χ0) is 11.6. The Morgan fingerprint density at radius 3 is 2.20 bits per heavy atom. The Hall–Kier alpha value is -1.17. The number of aliphatic imine (C=N–C) groups is 1. The molecule has 0 saturated heterocycles. The molecule has 0 aliphatic carbocycles. The van der Waals surface area contributed by atoms with Gasteiger partial charge in [0.15, 0.2) is 11.6 Å². The lowest BCUT2D eigenvalue weighted by Gasteiger charge is -2.03. The molecule has 7 heteroatoms. The lowest BCUT2D eigenvalue weighted by molar-refractivity contribution is -0.0558. The molecule has 15 heavy (non-hydrogen) atoms. The smallest absolute Gasteiger partial charge is 0.232 e. The molecule has 1 nitrogen and oxygen atoms in total. The van der Waals surface area contributed by atoms with Crippen LogP contribution in [-0.2, 0) is 0 Å². The molecule has 1 aromatic rings. The van der Waals surface area contributed by atoms with Crippen molar-refractivity contribution in [1.82, 2.24) is 0 Å². The summed E-state index contributed by atoms with van der Waals surface area (Å²) < 4.78 is 60.6. The van der Waals surface area contributed by atoms with Gasteiger partial charge in [-0.05, 0) is 12.1 Å². The minimum atomic E-state index is -4.80. The number of benzene rings is 1. The first kappa shape index (κ1) is 11.9. The summed E-state index contributed by atoms with van der Waals surface area (Å²) >= 11 is 4.79. The lowest BCUT2D eigenvalue weighted by Crippen LogP contribution is -2.16. The van der Waals surface area contributed by atoms with Gasteiger partial charge in [0.2, 0.25) is 5.17 Å². The molecule has 82 valence electrons. The maximum atomic E-state index is 12.6. The van der Waals surface area contributed by atoms with E-state index in [0.29, 0.717) is 12.1 Å². The van der Waals surface area contributed by atoms with Crippen LogP contribution in [0.1, 0.15) is 0 Å². The van der Waals surface area contributed by atoms with Gasteiger partial charge >= 0.3 is 6.18 Å². The molecule has 0 saturated carbocycles. The van der Waals surface area contributed by atoms with Crippen LogP contribution in [0.5, 0.6) is 0 Å². The van der Waals surface area contributed by atoms with Gasteiger partial charge in [-0.3, -0.25) is 0 Å². The third-order valence-electron chi connectivity index (χ3n) is 1.36. The van der Waals surface area contributed by atoms with E-state index in [0.717, 1.165) is 6.07 Å². The van der Waals surface area contributed by atoms with Gasteiger partial charge < -0.3 is 0 Å². The summed E-state index contributed by atoms with van der Waals surface area (Å²) in [6.45, 7) is 0. The summed E-state index contributed by atoms with van der Waals surface area (Å²) in [4.78, 5) is 2.88. The fourth-order valence-electron chi connectivity index (χ4n) is 0.731. The van der Waals surface area contributed by atoms with E-state index in [-0.39, 0.29) is 0 Å². The maximum Gasteiger partial charge on any atom is 0.444 e. The molecule has 0 fully saturated rings. The molecule has 1 rings (SSSR count). The second-order valence-electron chi connectivity index (χ2n) is 2.50. The normalized spacial score (nSPS) is 13.1. The van der Waals surface area contributed by atoms with Crippen LogP contribution in [0.15, 0.2) is 23.2 Å². The van der Waals surface area contributed by atoms with Crippen LogP contribution in [0.2, 0.25) is 0 Å². The average molecular weight is 244 g/mol. The first-order valence-electron chi connectivity index (χ1n) is 3.57. The highest BCUT2D eigenvalue weighted by molar-refractivity contribution is 6.67. The summed E-state index contributed by atoms with van der Waals surface area (Å²) in [6, 6.07) is 2.06. The third kappa shape index (κ3) is 3.16. The minimum Gasteiger partial charge on any atom is -0.232 e. The van der Waals surface area contributed by atoms with Crippen molar-refractivity contribution < 1.29 is 22.0 Å². The van der Waals surface area contributed by atoms with Gasteiger partial charge in [-0.2, -0.15) is 13.2 Å². The SMILES string of the molecule is Fc1ccc(N=C(Cl)C(F)(F)F)cc1F. The van der Waals surface area contributed by atoms with Crippen molar-refractivity contribution in [3.63, 3.8) is 0 Å². The fourth-order valence-corrected chi connectivity index (χ4v) is 0.829.